The van der Waals surface area contributed by atoms with Crippen LogP contribution < -0.4 is 4.18 Å². The molecule has 1 atom stereocenters. The molecule has 0 saturated heterocycles. The minimum absolute atomic E-state index is 0.207. The van der Waals surface area contributed by atoms with E-state index in [9.17, 15) is 52.8 Å². The Labute approximate surface area is 178 Å². The number of alkyl halides is 6. The van der Waals surface area contributed by atoms with Crippen LogP contribution >= 0.6 is 0 Å². The van der Waals surface area contributed by atoms with Crippen molar-refractivity contribution in [1.29, 1.82) is 0 Å². The Morgan fingerprint density at radius 3 is 1.84 bits per heavy atom. The van der Waals surface area contributed by atoms with Crippen molar-refractivity contribution in [3.8, 4) is 5.75 Å². The third-order valence-corrected chi connectivity index (χ3v) is 6.45. The first kappa shape index (κ1) is 27.8. The normalized spacial score (nSPS) is 14.7. The molecule has 0 aromatic heterocycles. The minimum atomic E-state index is -7.16. The lowest BCUT2D eigenvalue weighted by atomic mass is 9.97. The van der Waals surface area contributed by atoms with Crippen molar-refractivity contribution >= 4 is 31.8 Å². The monoisotopic (exact) mass is 514 g/mol. The summed E-state index contributed by atoms with van der Waals surface area (Å²) in [6, 6.07) is 2.65. The van der Waals surface area contributed by atoms with Crippen LogP contribution in [-0.4, -0.2) is 49.4 Å². The molecule has 0 saturated carbocycles. The van der Waals surface area contributed by atoms with Crippen LogP contribution in [-0.2, 0) is 25.0 Å². The number of ketones is 2. The van der Waals surface area contributed by atoms with Crippen LogP contribution in [0.3, 0.4) is 0 Å². The average molecular weight is 514 g/mol. The lowest BCUT2D eigenvalue weighted by Crippen LogP contribution is -2.61. The van der Waals surface area contributed by atoms with E-state index in [1.807, 2.05) is 0 Å². The standard InChI is InChI=1S/C16H16F6O8S2/c1-3-9(2)12(23)8-13(24)10-4-6-11(7-5-10)30-32(28,29)16(21,22)14(17,18)15(19,20)31(25,26)27/h4-7,9H,3,8H2,1-2H3,(H,25,26,27). The Morgan fingerprint density at radius 1 is 0.969 bits per heavy atom. The third-order valence-electron chi connectivity index (χ3n) is 4.25. The molecule has 1 aromatic rings. The van der Waals surface area contributed by atoms with Gasteiger partial charge in [-0.05, 0) is 30.7 Å². The maximum Gasteiger partial charge on any atom is 0.450 e. The number of hydrogen-bond donors (Lipinski definition) is 1. The van der Waals surface area contributed by atoms with E-state index in [1.54, 1.807) is 13.8 Å². The second-order valence-electron chi connectivity index (χ2n) is 6.52. The van der Waals surface area contributed by atoms with Gasteiger partial charge in [-0.25, -0.2) is 0 Å². The van der Waals surface area contributed by atoms with Gasteiger partial charge in [-0.15, -0.1) is 0 Å². The molecule has 0 fully saturated rings. The minimum Gasteiger partial charge on any atom is -0.378 e. The van der Waals surface area contributed by atoms with Crippen molar-refractivity contribution in [2.24, 2.45) is 5.92 Å². The molecule has 0 heterocycles. The summed E-state index contributed by atoms with van der Waals surface area (Å²) >= 11 is 0. The number of Topliss-reactive ketones (excluding diaryl/α,β-unsaturated/α-hetero) is 2. The molecule has 0 aliphatic rings. The molecule has 16 heteroatoms. The zero-order valence-corrected chi connectivity index (χ0v) is 17.8. The van der Waals surface area contributed by atoms with Crippen LogP contribution in [0.25, 0.3) is 0 Å². The van der Waals surface area contributed by atoms with E-state index in [-0.39, 0.29) is 5.56 Å². The molecule has 1 aromatic carbocycles. The highest BCUT2D eigenvalue weighted by atomic mass is 32.2. The van der Waals surface area contributed by atoms with E-state index < -0.39 is 66.3 Å². The van der Waals surface area contributed by atoms with Crippen molar-refractivity contribution in [2.75, 3.05) is 0 Å². The predicted molar refractivity (Wildman–Crippen MR) is 95.8 cm³/mol. The molecule has 0 amide bonds. The zero-order chi connectivity index (χ0) is 25.3. The lowest BCUT2D eigenvalue weighted by Gasteiger charge is -2.29. The van der Waals surface area contributed by atoms with E-state index in [1.165, 1.54) is 0 Å². The highest BCUT2D eigenvalue weighted by Crippen LogP contribution is 2.50. The fourth-order valence-corrected chi connectivity index (χ4v) is 3.45. The number of rotatable bonds is 11. The molecular weight excluding hydrogens is 498 g/mol. The first-order chi connectivity index (χ1) is 14.2. The molecule has 1 rings (SSSR count). The van der Waals surface area contributed by atoms with Gasteiger partial charge in [0.05, 0.1) is 6.42 Å². The van der Waals surface area contributed by atoms with Crippen LogP contribution in [0.4, 0.5) is 26.3 Å². The zero-order valence-electron chi connectivity index (χ0n) is 16.2. The predicted octanol–water partition coefficient (Wildman–Crippen LogP) is 3.29. The molecule has 1 unspecified atom stereocenters. The quantitative estimate of drug-likeness (QED) is 0.156. The molecule has 8 nitrogen and oxygen atoms in total. The first-order valence-electron chi connectivity index (χ1n) is 8.43. The molecule has 0 radical (unpaired) electrons. The van der Waals surface area contributed by atoms with Crippen LogP contribution in [0.5, 0.6) is 5.75 Å². The summed E-state index contributed by atoms with van der Waals surface area (Å²) in [5, 5.41) is -13.7. The summed E-state index contributed by atoms with van der Waals surface area (Å²) in [5.41, 5.74) is -0.207. The van der Waals surface area contributed by atoms with E-state index in [0.29, 0.717) is 18.6 Å². The van der Waals surface area contributed by atoms with Crippen LogP contribution in [0, 0.1) is 5.92 Å². The van der Waals surface area contributed by atoms with Gasteiger partial charge < -0.3 is 4.18 Å². The Kier molecular flexibility index (Phi) is 7.81. The molecule has 0 aliphatic heterocycles. The van der Waals surface area contributed by atoms with E-state index in [0.717, 1.165) is 12.1 Å². The first-order valence-corrected chi connectivity index (χ1v) is 11.3. The van der Waals surface area contributed by atoms with Crippen molar-refractivity contribution in [1.82, 2.24) is 0 Å². The lowest BCUT2D eigenvalue weighted by molar-refractivity contribution is -0.247. The number of carbonyl (C=O) groups is 2. The highest BCUT2D eigenvalue weighted by Gasteiger charge is 2.83. The van der Waals surface area contributed by atoms with Gasteiger partial charge in [-0.3, -0.25) is 14.1 Å². The van der Waals surface area contributed by atoms with Crippen LogP contribution in [0.2, 0.25) is 0 Å². The maximum absolute atomic E-state index is 13.7. The molecule has 0 spiro atoms. The smallest absolute Gasteiger partial charge is 0.378 e. The Hall–Kier alpha value is -2.20. The molecule has 32 heavy (non-hydrogen) atoms. The Bertz CT molecular complexity index is 1080. The van der Waals surface area contributed by atoms with Gasteiger partial charge in [0.1, 0.15) is 11.5 Å². The van der Waals surface area contributed by atoms with Crippen LogP contribution in [0.15, 0.2) is 24.3 Å². The van der Waals surface area contributed by atoms with Gasteiger partial charge in [-0.1, -0.05) is 13.8 Å². The Morgan fingerprint density at radius 2 is 1.44 bits per heavy atom. The van der Waals surface area contributed by atoms with Gasteiger partial charge in [0.2, 0.25) is 0 Å². The number of carbonyl (C=O) groups excluding carboxylic acids is 2. The largest absolute Gasteiger partial charge is 0.450 e. The SMILES string of the molecule is CCC(C)C(=O)CC(=O)c1ccc(OS(=O)(=O)C(F)(F)C(F)(F)C(F)(F)S(=O)(=O)O)cc1. The van der Waals surface area contributed by atoms with E-state index >= 15 is 0 Å². The third kappa shape index (κ3) is 5.06. The second-order valence-corrected chi connectivity index (χ2v) is 9.57. The van der Waals surface area contributed by atoms with Gasteiger partial charge in [-0.2, -0.15) is 43.2 Å². The van der Waals surface area contributed by atoms with Gasteiger partial charge in [0, 0.05) is 11.5 Å². The number of benzene rings is 1. The molecular formula is C16H16F6O8S2. The summed E-state index contributed by atoms with van der Waals surface area (Å²) in [4.78, 5) is 23.8. The molecule has 0 aliphatic carbocycles. The summed E-state index contributed by atoms with van der Waals surface area (Å²) < 4.78 is 136. The van der Waals surface area contributed by atoms with Crippen LogP contribution in [0.1, 0.15) is 37.0 Å². The van der Waals surface area contributed by atoms with E-state index in [2.05, 4.69) is 4.18 Å². The molecule has 0 bridgehead atoms. The summed E-state index contributed by atoms with van der Waals surface area (Å²) in [6.07, 6.45) is -0.0885. The van der Waals surface area contributed by atoms with E-state index in [4.69, 9.17) is 4.55 Å². The van der Waals surface area contributed by atoms with Crippen molar-refractivity contribution < 1.29 is 61.5 Å². The number of halogens is 6. The van der Waals surface area contributed by atoms with Gasteiger partial charge >= 0.3 is 36.7 Å². The van der Waals surface area contributed by atoms with Crippen molar-refractivity contribution in [3.05, 3.63) is 29.8 Å². The fraction of sp³-hybridized carbons (Fsp3) is 0.500. The van der Waals surface area contributed by atoms with Crippen molar-refractivity contribution in [3.63, 3.8) is 0 Å². The summed E-state index contributed by atoms with van der Waals surface area (Å²) in [6.45, 7) is 3.27. The number of hydrogen-bond acceptors (Lipinski definition) is 7. The highest BCUT2D eigenvalue weighted by molar-refractivity contribution is 7.88. The summed E-state index contributed by atoms with van der Waals surface area (Å²) in [7, 11) is -14.1. The van der Waals surface area contributed by atoms with Gasteiger partial charge in [0.25, 0.3) is 0 Å². The molecule has 182 valence electrons. The Balaban J connectivity index is 3.16. The fourth-order valence-electron chi connectivity index (χ4n) is 2.03. The van der Waals surface area contributed by atoms with Gasteiger partial charge in [0.15, 0.2) is 5.78 Å². The average Bonchev–Trinajstić information content (AvgIpc) is 2.66. The maximum atomic E-state index is 13.7. The topological polar surface area (TPSA) is 132 Å². The van der Waals surface area contributed by atoms with Crippen molar-refractivity contribution in [2.45, 2.75) is 43.1 Å². The second kappa shape index (κ2) is 8.97. The summed E-state index contributed by atoms with van der Waals surface area (Å²) in [5.74, 6) is -9.85. The molecule has 1 N–H and O–H groups in total.